The molecule has 0 saturated carbocycles. The molecule has 0 spiro atoms. The normalized spacial score (nSPS) is 13.9. The van der Waals surface area contributed by atoms with Gasteiger partial charge in [-0.2, -0.15) is 0 Å². The van der Waals surface area contributed by atoms with Gasteiger partial charge in [-0.05, 0) is 72.1 Å². The van der Waals surface area contributed by atoms with Gasteiger partial charge in [0.2, 0.25) is 5.90 Å². The van der Waals surface area contributed by atoms with E-state index in [0.717, 1.165) is 11.1 Å². The smallest absolute Gasteiger partial charge is 0.363 e. The molecule has 0 fully saturated rings. The van der Waals surface area contributed by atoms with Gasteiger partial charge in [0.15, 0.2) is 17.2 Å². The number of nitrogens with zero attached hydrogens (tertiary/aromatic N) is 2. The number of carbonyl (C=O) groups excluding carboxylic acids is 1. The second kappa shape index (κ2) is 10.7. The third-order valence-electron chi connectivity index (χ3n) is 5.45. The molecule has 0 aromatic heterocycles. The van der Waals surface area contributed by atoms with Gasteiger partial charge in [-0.15, -0.1) is 0 Å². The molecule has 0 bridgehead atoms. The summed E-state index contributed by atoms with van der Waals surface area (Å²) < 4.78 is 17.8. The minimum Gasteiger partial charge on any atom is -0.490 e. The standard InChI is InChI=1S/C27H23BrN2O6/c1-4-34-24-14-19(12-21(28)25(24)35-15-18-8-5-7-16(2)11-18)13-22-27(31)36-26(29-22)20-9-6-10-23(17(20)3)30(32)33/h5-14H,4,15H2,1-3H3/b22-13-. The lowest BCUT2D eigenvalue weighted by Crippen LogP contribution is -2.08. The average molecular weight is 551 g/mol. The fourth-order valence-electron chi connectivity index (χ4n) is 3.77. The van der Waals surface area contributed by atoms with Crippen LogP contribution in [-0.2, 0) is 16.1 Å². The fraction of sp³-hybridized carbons (Fsp3) is 0.185. The van der Waals surface area contributed by atoms with Crippen molar-refractivity contribution in [2.45, 2.75) is 27.4 Å². The van der Waals surface area contributed by atoms with E-state index < -0.39 is 10.9 Å². The number of benzene rings is 3. The largest absolute Gasteiger partial charge is 0.490 e. The number of esters is 1. The summed E-state index contributed by atoms with van der Waals surface area (Å²) >= 11 is 3.55. The first-order chi connectivity index (χ1) is 17.3. The number of aliphatic imine (C=N–C) groups is 1. The number of nitro groups is 1. The molecule has 3 aromatic rings. The molecule has 4 rings (SSSR count). The van der Waals surface area contributed by atoms with Crippen LogP contribution < -0.4 is 9.47 Å². The lowest BCUT2D eigenvalue weighted by Gasteiger charge is -2.15. The number of halogens is 1. The zero-order valence-electron chi connectivity index (χ0n) is 19.9. The van der Waals surface area contributed by atoms with Crippen molar-refractivity contribution in [1.29, 1.82) is 0 Å². The van der Waals surface area contributed by atoms with Crippen LogP contribution in [0.3, 0.4) is 0 Å². The van der Waals surface area contributed by atoms with E-state index in [9.17, 15) is 14.9 Å². The SMILES string of the molecule is CCOc1cc(/C=C2\N=C(c3cccc([N+](=O)[O-])c3C)OC2=O)cc(Br)c1OCc1cccc(C)c1. The van der Waals surface area contributed by atoms with Crippen molar-refractivity contribution in [2.24, 2.45) is 4.99 Å². The molecule has 0 saturated heterocycles. The molecule has 1 heterocycles. The summed E-state index contributed by atoms with van der Waals surface area (Å²) in [6.07, 6.45) is 1.57. The first-order valence-electron chi connectivity index (χ1n) is 11.2. The molecule has 3 aromatic carbocycles. The lowest BCUT2D eigenvalue weighted by molar-refractivity contribution is -0.385. The van der Waals surface area contributed by atoms with E-state index in [2.05, 4.69) is 27.0 Å². The molecule has 0 amide bonds. The Hall–Kier alpha value is -3.98. The van der Waals surface area contributed by atoms with Crippen molar-refractivity contribution < 1.29 is 23.9 Å². The predicted octanol–water partition coefficient (Wildman–Crippen LogP) is 6.30. The van der Waals surface area contributed by atoms with Crippen molar-refractivity contribution in [2.75, 3.05) is 6.61 Å². The molecule has 36 heavy (non-hydrogen) atoms. The summed E-state index contributed by atoms with van der Waals surface area (Å²) in [5.74, 6) is 0.432. The Morgan fingerprint density at radius 3 is 2.61 bits per heavy atom. The van der Waals surface area contributed by atoms with Crippen LogP contribution in [-0.4, -0.2) is 23.4 Å². The van der Waals surface area contributed by atoms with E-state index in [1.54, 1.807) is 31.2 Å². The second-order valence-corrected chi connectivity index (χ2v) is 8.94. The summed E-state index contributed by atoms with van der Waals surface area (Å²) in [4.78, 5) is 27.6. The zero-order chi connectivity index (χ0) is 25.8. The highest BCUT2D eigenvalue weighted by molar-refractivity contribution is 9.10. The Morgan fingerprint density at radius 1 is 1.11 bits per heavy atom. The van der Waals surface area contributed by atoms with Crippen molar-refractivity contribution in [3.8, 4) is 11.5 Å². The van der Waals surface area contributed by atoms with E-state index in [0.29, 0.717) is 45.9 Å². The summed E-state index contributed by atoms with van der Waals surface area (Å²) in [7, 11) is 0. The number of hydrogen-bond acceptors (Lipinski definition) is 7. The number of aryl methyl sites for hydroxylation is 1. The van der Waals surface area contributed by atoms with Gasteiger partial charge in [0.05, 0.1) is 16.0 Å². The molecule has 0 unspecified atom stereocenters. The van der Waals surface area contributed by atoms with Crippen molar-refractivity contribution >= 4 is 39.6 Å². The first kappa shape index (κ1) is 25.1. The lowest BCUT2D eigenvalue weighted by atomic mass is 10.1. The van der Waals surface area contributed by atoms with Gasteiger partial charge in [0.25, 0.3) is 5.69 Å². The van der Waals surface area contributed by atoms with E-state index in [1.807, 2.05) is 32.0 Å². The monoisotopic (exact) mass is 550 g/mol. The first-order valence-corrected chi connectivity index (χ1v) is 12.0. The molecule has 0 radical (unpaired) electrons. The fourth-order valence-corrected chi connectivity index (χ4v) is 4.34. The molecular formula is C27H23BrN2O6. The molecule has 0 atom stereocenters. The van der Waals surface area contributed by atoms with E-state index in [-0.39, 0.29) is 17.3 Å². The number of hydrogen-bond donors (Lipinski definition) is 0. The zero-order valence-corrected chi connectivity index (χ0v) is 21.5. The molecular weight excluding hydrogens is 528 g/mol. The number of nitro benzene ring substituents is 1. The Labute approximate surface area is 216 Å². The second-order valence-electron chi connectivity index (χ2n) is 8.08. The Kier molecular flexibility index (Phi) is 7.49. The molecule has 1 aliphatic heterocycles. The molecule has 184 valence electrons. The van der Waals surface area contributed by atoms with Crippen LogP contribution >= 0.6 is 15.9 Å². The molecule has 0 N–H and O–H groups in total. The molecule has 1 aliphatic rings. The van der Waals surface area contributed by atoms with Crippen molar-refractivity contribution in [1.82, 2.24) is 0 Å². The van der Waals surface area contributed by atoms with Gasteiger partial charge in [0, 0.05) is 17.2 Å². The number of cyclic esters (lactones) is 1. The highest BCUT2D eigenvalue weighted by atomic mass is 79.9. The molecule has 0 aliphatic carbocycles. The quantitative estimate of drug-likeness (QED) is 0.141. The third kappa shape index (κ3) is 5.46. The summed E-state index contributed by atoms with van der Waals surface area (Å²) in [5, 5.41) is 11.3. The minimum absolute atomic E-state index is 0.0228. The number of ether oxygens (including phenoxy) is 3. The highest BCUT2D eigenvalue weighted by Gasteiger charge is 2.27. The Morgan fingerprint density at radius 2 is 1.89 bits per heavy atom. The highest BCUT2D eigenvalue weighted by Crippen LogP contribution is 2.38. The molecule has 9 heteroatoms. The Bertz CT molecular complexity index is 1410. The average Bonchev–Trinajstić information content (AvgIpc) is 3.18. The van der Waals surface area contributed by atoms with Gasteiger partial charge in [-0.3, -0.25) is 10.1 Å². The summed E-state index contributed by atoms with van der Waals surface area (Å²) in [6.45, 7) is 6.27. The van der Waals surface area contributed by atoms with Crippen LogP contribution in [0.2, 0.25) is 0 Å². The Balaban J connectivity index is 1.64. The van der Waals surface area contributed by atoms with Gasteiger partial charge in [0.1, 0.15) is 6.61 Å². The van der Waals surface area contributed by atoms with Crippen LogP contribution in [0, 0.1) is 24.0 Å². The minimum atomic E-state index is -0.648. The summed E-state index contributed by atoms with van der Waals surface area (Å²) in [6, 6.07) is 16.1. The molecule has 8 nitrogen and oxygen atoms in total. The maximum atomic E-state index is 12.5. The van der Waals surface area contributed by atoms with Gasteiger partial charge in [-0.1, -0.05) is 35.9 Å². The van der Waals surface area contributed by atoms with E-state index >= 15 is 0 Å². The van der Waals surface area contributed by atoms with Crippen LogP contribution in [0.15, 0.2) is 69.8 Å². The van der Waals surface area contributed by atoms with Crippen LogP contribution in [0.1, 0.15) is 34.7 Å². The number of carbonyl (C=O) groups is 1. The van der Waals surface area contributed by atoms with Gasteiger partial charge < -0.3 is 14.2 Å². The van der Waals surface area contributed by atoms with Crippen molar-refractivity contribution in [3.63, 3.8) is 0 Å². The van der Waals surface area contributed by atoms with Gasteiger partial charge in [-0.25, -0.2) is 9.79 Å². The maximum Gasteiger partial charge on any atom is 0.363 e. The third-order valence-corrected chi connectivity index (χ3v) is 6.04. The summed E-state index contributed by atoms with van der Waals surface area (Å²) in [5.41, 5.74) is 3.56. The van der Waals surface area contributed by atoms with E-state index in [1.165, 1.54) is 12.1 Å². The van der Waals surface area contributed by atoms with E-state index in [4.69, 9.17) is 14.2 Å². The van der Waals surface area contributed by atoms with Crippen LogP contribution in [0.25, 0.3) is 6.08 Å². The topological polar surface area (TPSA) is 100 Å². The van der Waals surface area contributed by atoms with Crippen LogP contribution in [0.5, 0.6) is 11.5 Å². The maximum absolute atomic E-state index is 12.5. The van der Waals surface area contributed by atoms with Gasteiger partial charge >= 0.3 is 5.97 Å². The van der Waals surface area contributed by atoms with Crippen molar-refractivity contribution in [3.05, 3.63) is 103 Å². The number of rotatable bonds is 8. The predicted molar refractivity (Wildman–Crippen MR) is 139 cm³/mol. The van der Waals surface area contributed by atoms with Crippen LogP contribution in [0.4, 0.5) is 5.69 Å².